The average Bonchev–Trinajstić information content (AvgIpc) is 3.23. The van der Waals surface area contributed by atoms with Gasteiger partial charge in [0.25, 0.3) is 5.56 Å². The molecular weight excluding hydrogens is 334 g/mol. The van der Waals surface area contributed by atoms with Crippen LogP contribution in [-0.2, 0) is 6.42 Å². The molecule has 1 aliphatic heterocycles. The van der Waals surface area contributed by atoms with Crippen LogP contribution >= 0.6 is 11.3 Å². The van der Waals surface area contributed by atoms with Gasteiger partial charge in [0.2, 0.25) is 10.1 Å². The Hall–Kier alpha value is -2.41. The quantitative estimate of drug-likeness (QED) is 0.762. The fourth-order valence-electron chi connectivity index (χ4n) is 3.22. The molecule has 1 fully saturated rings. The summed E-state index contributed by atoms with van der Waals surface area (Å²) in [5.74, 6) is 0. The van der Waals surface area contributed by atoms with Gasteiger partial charge in [-0.1, -0.05) is 42.9 Å². The Kier molecular flexibility index (Phi) is 4.40. The molecule has 1 atom stereocenters. The third kappa shape index (κ3) is 3.37. The van der Waals surface area contributed by atoms with E-state index in [1.54, 1.807) is 6.07 Å². The standard InChI is InChI=1S/C18H21N5OS/c1-2-6-13-11-16(24)23-18(20-13)25-17(21-23)19-14-9-10-22(12-14)15-7-4-3-5-8-15/h3-5,7-8,11,14H,2,6,9-10,12H2,1H3,(H,19,21). The Morgan fingerprint density at radius 2 is 2.16 bits per heavy atom. The topological polar surface area (TPSA) is 62.5 Å². The van der Waals surface area contributed by atoms with Gasteiger partial charge in [-0.25, -0.2) is 4.98 Å². The summed E-state index contributed by atoms with van der Waals surface area (Å²) in [6, 6.07) is 12.4. The minimum Gasteiger partial charge on any atom is -0.369 e. The number of para-hydroxylation sites is 1. The molecule has 130 valence electrons. The summed E-state index contributed by atoms with van der Waals surface area (Å²) in [4.78, 5) is 19.8. The lowest BCUT2D eigenvalue weighted by Gasteiger charge is -2.18. The van der Waals surface area contributed by atoms with E-state index in [1.807, 2.05) is 6.07 Å². The molecule has 3 aromatic rings. The number of hydrogen-bond donors (Lipinski definition) is 1. The van der Waals surface area contributed by atoms with Crippen LogP contribution in [-0.4, -0.2) is 33.7 Å². The van der Waals surface area contributed by atoms with Crippen LogP contribution in [0.3, 0.4) is 0 Å². The van der Waals surface area contributed by atoms with Crippen molar-refractivity contribution < 1.29 is 0 Å². The summed E-state index contributed by atoms with van der Waals surface area (Å²) >= 11 is 1.45. The molecule has 1 N–H and O–H groups in total. The highest BCUT2D eigenvalue weighted by Crippen LogP contribution is 2.24. The largest absolute Gasteiger partial charge is 0.369 e. The molecule has 1 saturated heterocycles. The fraction of sp³-hybridized carbons (Fsp3) is 0.389. The van der Waals surface area contributed by atoms with E-state index in [2.05, 4.69) is 51.5 Å². The second-order valence-electron chi connectivity index (χ2n) is 6.35. The van der Waals surface area contributed by atoms with Gasteiger partial charge in [0.1, 0.15) is 0 Å². The normalized spacial score (nSPS) is 17.3. The molecule has 0 bridgehead atoms. The SMILES string of the molecule is CCCc1cc(=O)n2nc(NC3CCN(c4ccccc4)C3)sc2n1. The lowest BCUT2D eigenvalue weighted by atomic mass is 10.2. The summed E-state index contributed by atoms with van der Waals surface area (Å²) < 4.78 is 1.40. The van der Waals surface area contributed by atoms with Gasteiger partial charge in [-0.15, -0.1) is 5.10 Å². The van der Waals surface area contributed by atoms with Crippen LogP contribution in [0.25, 0.3) is 4.96 Å². The predicted molar refractivity (Wildman–Crippen MR) is 102 cm³/mol. The molecule has 1 aromatic carbocycles. The Bertz CT molecular complexity index is 920. The van der Waals surface area contributed by atoms with Crippen molar-refractivity contribution in [1.82, 2.24) is 14.6 Å². The van der Waals surface area contributed by atoms with Crippen molar-refractivity contribution >= 4 is 27.1 Å². The number of rotatable bonds is 5. The van der Waals surface area contributed by atoms with Crippen molar-refractivity contribution in [3.63, 3.8) is 0 Å². The maximum absolute atomic E-state index is 12.2. The van der Waals surface area contributed by atoms with Crippen molar-refractivity contribution in [1.29, 1.82) is 0 Å². The molecule has 4 rings (SSSR count). The van der Waals surface area contributed by atoms with E-state index in [4.69, 9.17) is 0 Å². The van der Waals surface area contributed by atoms with Gasteiger partial charge in [0.05, 0.1) is 0 Å². The molecule has 0 aliphatic carbocycles. The highest BCUT2D eigenvalue weighted by atomic mass is 32.1. The van der Waals surface area contributed by atoms with E-state index in [-0.39, 0.29) is 5.56 Å². The molecule has 0 amide bonds. The monoisotopic (exact) mass is 355 g/mol. The minimum absolute atomic E-state index is 0.102. The van der Waals surface area contributed by atoms with Crippen molar-refractivity contribution in [3.05, 3.63) is 52.4 Å². The van der Waals surface area contributed by atoms with Crippen molar-refractivity contribution in [3.8, 4) is 0 Å². The Balaban J connectivity index is 1.50. The molecule has 0 spiro atoms. The second kappa shape index (κ2) is 6.84. The summed E-state index contributed by atoms with van der Waals surface area (Å²) in [5.41, 5.74) is 1.99. The van der Waals surface area contributed by atoms with Crippen LogP contribution in [0.2, 0.25) is 0 Å². The van der Waals surface area contributed by atoms with Crippen LogP contribution in [0.15, 0.2) is 41.2 Å². The molecule has 7 heteroatoms. The first-order valence-electron chi connectivity index (χ1n) is 8.69. The van der Waals surface area contributed by atoms with Gasteiger partial charge in [-0.2, -0.15) is 4.52 Å². The van der Waals surface area contributed by atoms with Gasteiger partial charge >= 0.3 is 0 Å². The number of hydrogen-bond acceptors (Lipinski definition) is 6. The number of aromatic nitrogens is 3. The fourth-order valence-corrected chi connectivity index (χ4v) is 4.13. The van der Waals surface area contributed by atoms with Crippen LogP contribution in [0, 0.1) is 0 Å². The number of nitrogens with one attached hydrogen (secondary N) is 1. The van der Waals surface area contributed by atoms with E-state index >= 15 is 0 Å². The van der Waals surface area contributed by atoms with E-state index < -0.39 is 0 Å². The van der Waals surface area contributed by atoms with Crippen LogP contribution in [0.1, 0.15) is 25.5 Å². The number of fused-ring (bicyclic) bond motifs is 1. The molecular formula is C18H21N5OS. The first kappa shape index (κ1) is 16.1. The van der Waals surface area contributed by atoms with Gasteiger partial charge < -0.3 is 10.2 Å². The van der Waals surface area contributed by atoms with Gasteiger partial charge in [-0.05, 0) is 25.0 Å². The zero-order valence-electron chi connectivity index (χ0n) is 14.2. The van der Waals surface area contributed by atoms with E-state index in [0.29, 0.717) is 11.0 Å². The summed E-state index contributed by atoms with van der Waals surface area (Å²) in [6.45, 7) is 4.04. The van der Waals surface area contributed by atoms with Crippen LogP contribution in [0.4, 0.5) is 10.8 Å². The zero-order valence-corrected chi connectivity index (χ0v) is 15.0. The summed E-state index contributed by atoms with van der Waals surface area (Å²) in [7, 11) is 0. The van der Waals surface area contributed by atoms with Gasteiger partial charge in [0.15, 0.2) is 0 Å². The lowest BCUT2D eigenvalue weighted by molar-refractivity contribution is 0.790. The first-order chi connectivity index (χ1) is 12.2. The minimum atomic E-state index is -0.102. The Morgan fingerprint density at radius 1 is 1.32 bits per heavy atom. The number of aryl methyl sites for hydroxylation is 1. The molecule has 0 radical (unpaired) electrons. The second-order valence-corrected chi connectivity index (χ2v) is 7.30. The molecule has 25 heavy (non-hydrogen) atoms. The maximum Gasteiger partial charge on any atom is 0.275 e. The molecule has 6 nitrogen and oxygen atoms in total. The average molecular weight is 355 g/mol. The molecule has 1 aliphatic rings. The number of nitrogens with zero attached hydrogens (tertiary/aromatic N) is 4. The maximum atomic E-state index is 12.2. The van der Waals surface area contributed by atoms with E-state index in [1.165, 1.54) is 21.5 Å². The Morgan fingerprint density at radius 3 is 2.96 bits per heavy atom. The molecule has 3 heterocycles. The van der Waals surface area contributed by atoms with Crippen molar-refractivity contribution in [2.75, 3.05) is 23.3 Å². The molecule has 2 aromatic heterocycles. The van der Waals surface area contributed by atoms with Crippen LogP contribution in [0.5, 0.6) is 0 Å². The van der Waals surface area contributed by atoms with Gasteiger partial charge in [-0.3, -0.25) is 4.79 Å². The zero-order chi connectivity index (χ0) is 17.2. The first-order valence-corrected chi connectivity index (χ1v) is 9.51. The predicted octanol–water partition coefficient (Wildman–Crippen LogP) is 2.79. The van der Waals surface area contributed by atoms with E-state index in [0.717, 1.165) is 43.2 Å². The lowest BCUT2D eigenvalue weighted by Crippen LogP contribution is -2.26. The van der Waals surface area contributed by atoms with Crippen molar-refractivity contribution in [2.24, 2.45) is 0 Å². The summed E-state index contributed by atoms with van der Waals surface area (Å²) in [5, 5.41) is 8.64. The number of anilines is 2. The Labute approximate surface area is 150 Å². The molecule has 0 saturated carbocycles. The van der Waals surface area contributed by atoms with E-state index in [9.17, 15) is 4.79 Å². The third-order valence-electron chi connectivity index (χ3n) is 4.44. The van der Waals surface area contributed by atoms with Crippen LogP contribution < -0.4 is 15.8 Å². The molecule has 1 unspecified atom stereocenters. The number of benzene rings is 1. The highest BCUT2D eigenvalue weighted by molar-refractivity contribution is 7.20. The van der Waals surface area contributed by atoms with Gasteiger partial charge in [0, 0.05) is 36.6 Å². The van der Waals surface area contributed by atoms with Crippen molar-refractivity contribution in [2.45, 2.75) is 32.2 Å². The smallest absolute Gasteiger partial charge is 0.275 e. The third-order valence-corrected chi connectivity index (χ3v) is 5.28. The highest BCUT2D eigenvalue weighted by Gasteiger charge is 2.23. The summed E-state index contributed by atoms with van der Waals surface area (Å²) in [6.07, 6.45) is 2.85.